The number of carbonyl (C=O) groups excluding carboxylic acids is 1. The van der Waals surface area contributed by atoms with Crippen LogP contribution in [0.2, 0.25) is 0 Å². The largest absolute Gasteiger partial charge is 0.480 e. The van der Waals surface area contributed by atoms with Gasteiger partial charge in [0.15, 0.2) is 0 Å². The van der Waals surface area contributed by atoms with Crippen molar-refractivity contribution in [2.24, 2.45) is 0 Å². The zero-order valence-electron chi connectivity index (χ0n) is 12.9. The maximum absolute atomic E-state index is 12.2. The molecule has 0 aliphatic heterocycles. The lowest BCUT2D eigenvalue weighted by Gasteiger charge is -2.25. The van der Waals surface area contributed by atoms with Crippen molar-refractivity contribution in [1.29, 1.82) is 0 Å². The molecule has 0 fully saturated rings. The summed E-state index contributed by atoms with van der Waals surface area (Å²) >= 11 is 1.58. The van der Waals surface area contributed by atoms with Crippen LogP contribution in [0.1, 0.15) is 46.0 Å². The number of aliphatic carboxylic acids is 1. The summed E-state index contributed by atoms with van der Waals surface area (Å²) in [6, 6.07) is -1.04. The van der Waals surface area contributed by atoms with Gasteiger partial charge in [0, 0.05) is 13.1 Å². The van der Waals surface area contributed by atoms with Crippen LogP contribution in [-0.2, 0) is 4.79 Å². The highest BCUT2D eigenvalue weighted by Crippen LogP contribution is 2.04. The van der Waals surface area contributed by atoms with E-state index in [9.17, 15) is 9.59 Å². The molecule has 0 saturated carbocycles. The molecule has 0 aromatic carbocycles. The number of unbranched alkanes of at least 4 members (excludes halogenated alkanes) is 2. The van der Waals surface area contributed by atoms with Gasteiger partial charge < -0.3 is 15.3 Å². The predicted octanol–water partition coefficient (Wildman–Crippen LogP) is 2.80. The molecule has 0 aliphatic rings. The first kappa shape index (κ1) is 19.1. The van der Waals surface area contributed by atoms with E-state index in [1.807, 2.05) is 6.26 Å². The number of carboxylic acids is 1. The Balaban J connectivity index is 4.47. The molecular weight excluding hydrogens is 276 g/mol. The number of carboxylic acid groups (broad SMARTS) is 1. The SMILES string of the molecule is CCCCN(CCCC)C(=O)N[C@H](CCSC)C(=O)O. The number of hydrogen-bond acceptors (Lipinski definition) is 3. The quantitative estimate of drug-likeness (QED) is 0.616. The molecule has 0 aromatic heterocycles. The highest BCUT2D eigenvalue weighted by atomic mass is 32.2. The van der Waals surface area contributed by atoms with Gasteiger partial charge in [-0.1, -0.05) is 26.7 Å². The van der Waals surface area contributed by atoms with E-state index in [0.717, 1.165) is 31.4 Å². The molecule has 0 radical (unpaired) electrons. The number of nitrogens with one attached hydrogen (secondary N) is 1. The first-order valence-corrected chi connectivity index (χ1v) is 8.73. The van der Waals surface area contributed by atoms with Crippen LogP contribution >= 0.6 is 11.8 Å². The average molecular weight is 304 g/mol. The molecule has 6 heteroatoms. The molecule has 0 spiro atoms. The molecule has 0 heterocycles. The van der Waals surface area contributed by atoms with Crippen molar-refractivity contribution in [3.05, 3.63) is 0 Å². The first-order valence-electron chi connectivity index (χ1n) is 7.33. The fourth-order valence-electron chi connectivity index (χ4n) is 1.75. The number of amides is 2. The molecule has 20 heavy (non-hydrogen) atoms. The summed E-state index contributed by atoms with van der Waals surface area (Å²) in [6.07, 6.45) is 6.31. The molecule has 5 nitrogen and oxygen atoms in total. The minimum atomic E-state index is -0.960. The second kappa shape index (κ2) is 11.9. The first-order chi connectivity index (χ1) is 9.56. The van der Waals surface area contributed by atoms with Crippen LogP contribution in [0.4, 0.5) is 4.79 Å². The van der Waals surface area contributed by atoms with E-state index in [1.165, 1.54) is 0 Å². The van der Waals surface area contributed by atoms with Crippen molar-refractivity contribution in [1.82, 2.24) is 10.2 Å². The van der Waals surface area contributed by atoms with Crippen LogP contribution in [-0.4, -0.2) is 53.1 Å². The van der Waals surface area contributed by atoms with Gasteiger partial charge >= 0.3 is 12.0 Å². The molecule has 2 amide bonds. The van der Waals surface area contributed by atoms with E-state index in [1.54, 1.807) is 16.7 Å². The van der Waals surface area contributed by atoms with E-state index >= 15 is 0 Å². The highest BCUT2D eigenvalue weighted by Gasteiger charge is 2.22. The van der Waals surface area contributed by atoms with Gasteiger partial charge in [-0.3, -0.25) is 0 Å². The summed E-state index contributed by atoms with van der Waals surface area (Å²) in [6.45, 7) is 5.54. The molecule has 0 rings (SSSR count). The Bertz CT molecular complexity index is 280. The van der Waals surface area contributed by atoms with Crippen LogP contribution in [0.3, 0.4) is 0 Å². The molecule has 0 unspecified atom stereocenters. The van der Waals surface area contributed by atoms with Gasteiger partial charge in [0.2, 0.25) is 0 Å². The molecule has 1 atom stereocenters. The summed E-state index contributed by atoms with van der Waals surface area (Å²) in [5.41, 5.74) is 0. The monoisotopic (exact) mass is 304 g/mol. The van der Waals surface area contributed by atoms with Gasteiger partial charge in [-0.15, -0.1) is 0 Å². The van der Waals surface area contributed by atoms with E-state index in [-0.39, 0.29) is 6.03 Å². The van der Waals surface area contributed by atoms with Crippen molar-refractivity contribution >= 4 is 23.8 Å². The Morgan fingerprint density at radius 2 is 1.75 bits per heavy atom. The fourth-order valence-corrected chi connectivity index (χ4v) is 2.22. The molecule has 0 saturated heterocycles. The van der Waals surface area contributed by atoms with Crippen molar-refractivity contribution in [3.63, 3.8) is 0 Å². The van der Waals surface area contributed by atoms with Gasteiger partial charge in [-0.05, 0) is 31.3 Å². The minimum Gasteiger partial charge on any atom is -0.480 e. The number of urea groups is 1. The van der Waals surface area contributed by atoms with Crippen molar-refractivity contribution < 1.29 is 14.7 Å². The van der Waals surface area contributed by atoms with E-state index in [4.69, 9.17) is 5.11 Å². The second-order valence-electron chi connectivity index (χ2n) is 4.82. The fraction of sp³-hybridized carbons (Fsp3) is 0.857. The molecule has 118 valence electrons. The summed E-state index contributed by atoms with van der Waals surface area (Å²) in [5.74, 6) is -0.236. The topological polar surface area (TPSA) is 69.6 Å². The lowest BCUT2D eigenvalue weighted by Crippen LogP contribution is -2.48. The van der Waals surface area contributed by atoms with Gasteiger partial charge in [-0.2, -0.15) is 11.8 Å². The van der Waals surface area contributed by atoms with Crippen LogP contribution in [0.15, 0.2) is 0 Å². The van der Waals surface area contributed by atoms with Crippen molar-refractivity contribution in [2.45, 2.75) is 52.0 Å². The van der Waals surface area contributed by atoms with E-state index < -0.39 is 12.0 Å². The smallest absolute Gasteiger partial charge is 0.326 e. The van der Waals surface area contributed by atoms with Gasteiger partial charge in [-0.25, -0.2) is 9.59 Å². The molecule has 0 bridgehead atoms. The Morgan fingerprint density at radius 1 is 1.20 bits per heavy atom. The van der Waals surface area contributed by atoms with Crippen LogP contribution < -0.4 is 5.32 Å². The summed E-state index contributed by atoms with van der Waals surface area (Å²) in [7, 11) is 0. The number of carbonyl (C=O) groups is 2. The van der Waals surface area contributed by atoms with Gasteiger partial charge in [0.1, 0.15) is 6.04 Å². The number of hydrogen-bond donors (Lipinski definition) is 2. The third kappa shape index (κ3) is 8.30. The highest BCUT2D eigenvalue weighted by molar-refractivity contribution is 7.98. The molecular formula is C14H28N2O3S. The lowest BCUT2D eigenvalue weighted by molar-refractivity contribution is -0.139. The summed E-state index contributed by atoms with van der Waals surface area (Å²) < 4.78 is 0. The molecule has 0 aromatic rings. The van der Waals surface area contributed by atoms with Crippen LogP contribution in [0.5, 0.6) is 0 Å². The maximum Gasteiger partial charge on any atom is 0.326 e. The van der Waals surface area contributed by atoms with Gasteiger partial charge in [0.25, 0.3) is 0 Å². The Morgan fingerprint density at radius 3 is 2.15 bits per heavy atom. The number of rotatable bonds is 11. The lowest BCUT2D eigenvalue weighted by atomic mass is 10.2. The Kier molecular flexibility index (Phi) is 11.3. The Hall–Kier alpha value is -0.910. The zero-order valence-corrected chi connectivity index (χ0v) is 13.7. The minimum absolute atomic E-state index is 0.250. The normalized spacial score (nSPS) is 11.9. The van der Waals surface area contributed by atoms with Crippen LogP contribution in [0, 0.1) is 0 Å². The third-order valence-corrected chi connectivity index (χ3v) is 3.70. The number of thioether (sulfide) groups is 1. The summed E-state index contributed by atoms with van der Waals surface area (Å²) in [4.78, 5) is 25.1. The zero-order chi connectivity index (χ0) is 15.4. The number of nitrogens with zero attached hydrogens (tertiary/aromatic N) is 1. The molecule has 0 aliphatic carbocycles. The second-order valence-corrected chi connectivity index (χ2v) is 5.80. The van der Waals surface area contributed by atoms with Crippen molar-refractivity contribution in [2.75, 3.05) is 25.1 Å². The molecule has 2 N–H and O–H groups in total. The summed E-state index contributed by atoms with van der Waals surface area (Å²) in [5, 5.41) is 11.8. The van der Waals surface area contributed by atoms with Crippen LogP contribution in [0.25, 0.3) is 0 Å². The van der Waals surface area contributed by atoms with Crippen molar-refractivity contribution in [3.8, 4) is 0 Å². The third-order valence-electron chi connectivity index (χ3n) is 3.06. The van der Waals surface area contributed by atoms with E-state index in [2.05, 4.69) is 19.2 Å². The average Bonchev–Trinajstić information content (AvgIpc) is 2.43. The van der Waals surface area contributed by atoms with Gasteiger partial charge in [0.05, 0.1) is 0 Å². The predicted molar refractivity (Wildman–Crippen MR) is 84.3 cm³/mol. The Labute approximate surface area is 126 Å². The maximum atomic E-state index is 12.2. The van der Waals surface area contributed by atoms with E-state index in [0.29, 0.717) is 19.5 Å². The standard InChI is InChI=1S/C14H28N2O3S/c1-4-6-9-16(10-7-5-2)14(19)15-12(13(17)18)8-11-20-3/h12H,4-11H2,1-3H3,(H,15,19)(H,17,18)/t12-/m1/s1.